The van der Waals surface area contributed by atoms with E-state index in [1.54, 1.807) is 5.43 Å². The molecule has 0 saturated carbocycles. The summed E-state index contributed by atoms with van der Waals surface area (Å²) >= 11 is 0. The molecule has 22 heavy (non-hydrogen) atoms. The minimum atomic E-state index is -4.95. The van der Waals surface area contributed by atoms with Crippen LogP contribution >= 0.6 is 0 Å². The number of carbonyl (C=O) groups excluding carboxylic acids is 1. The zero-order valence-electron chi connectivity index (χ0n) is 11.0. The van der Waals surface area contributed by atoms with Crippen molar-refractivity contribution in [2.45, 2.75) is 19.3 Å². The Labute approximate surface area is 120 Å². The van der Waals surface area contributed by atoms with Gasteiger partial charge in [0, 0.05) is 0 Å². The van der Waals surface area contributed by atoms with Crippen molar-refractivity contribution in [2.24, 2.45) is 5.10 Å². The summed E-state index contributed by atoms with van der Waals surface area (Å²) in [6.07, 6.45) is -10.2. The lowest BCUT2D eigenvalue weighted by Gasteiger charge is -2.12. The monoisotopic (exact) mass is 328 g/mol. The van der Waals surface area contributed by atoms with Gasteiger partial charge in [-0.05, 0) is 30.7 Å². The van der Waals surface area contributed by atoms with E-state index in [0.717, 1.165) is 0 Å². The van der Waals surface area contributed by atoms with Crippen molar-refractivity contribution >= 4 is 12.3 Å². The SMILES string of the molecule is CCOC(=O)N/N=C/c1cc(C(F)(F)F)cc(C(F)(F)F)c1. The Kier molecular flexibility index (Phi) is 5.39. The summed E-state index contributed by atoms with van der Waals surface area (Å²) in [5.74, 6) is 0. The van der Waals surface area contributed by atoms with Crippen LogP contribution in [0.4, 0.5) is 31.1 Å². The number of benzene rings is 1. The van der Waals surface area contributed by atoms with Crippen molar-refractivity contribution in [3.05, 3.63) is 34.9 Å². The Morgan fingerprint density at radius 1 is 1.14 bits per heavy atom. The van der Waals surface area contributed by atoms with Gasteiger partial charge < -0.3 is 4.74 Å². The number of rotatable bonds is 3. The van der Waals surface area contributed by atoms with Crippen LogP contribution in [0.5, 0.6) is 0 Å². The van der Waals surface area contributed by atoms with Crippen molar-refractivity contribution in [3.8, 4) is 0 Å². The van der Waals surface area contributed by atoms with Crippen molar-refractivity contribution in [2.75, 3.05) is 6.61 Å². The molecule has 0 bridgehead atoms. The standard InChI is InChI=1S/C12H10F6N2O2/c1-2-22-10(21)20-19-6-7-3-8(11(13,14)15)5-9(4-7)12(16,17)18/h3-6H,2H2,1H3,(H,20,21)/b19-6+. The molecule has 0 aliphatic rings. The Morgan fingerprint density at radius 3 is 2.05 bits per heavy atom. The van der Waals surface area contributed by atoms with Gasteiger partial charge in [-0.3, -0.25) is 0 Å². The number of amides is 1. The van der Waals surface area contributed by atoms with Crippen molar-refractivity contribution in [1.82, 2.24) is 5.43 Å². The third-order valence-electron chi connectivity index (χ3n) is 2.25. The molecule has 1 aromatic rings. The van der Waals surface area contributed by atoms with E-state index in [9.17, 15) is 31.1 Å². The number of carbonyl (C=O) groups is 1. The van der Waals surface area contributed by atoms with Crippen LogP contribution in [0.25, 0.3) is 0 Å². The summed E-state index contributed by atoms with van der Waals surface area (Å²) in [4.78, 5) is 10.9. The fourth-order valence-electron chi connectivity index (χ4n) is 1.38. The molecule has 0 unspecified atom stereocenters. The second kappa shape index (κ2) is 6.67. The van der Waals surface area contributed by atoms with Crippen LogP contribution in [-0.4, -0.2) is 18.9 Å². The molecular formula is C12H10F6N2O2. The number of hydrogen-bond donors (Lipinski definition) is 1. The summed E-state index contributed by atoms with van der Waals surface area (Å²) in [5, 5.41) is 3.22. The van der Waals surface area contributed by atoms with Gasteiger partial charge in [0.15, 0.2) is 0 Å². The van der Waals surface area contributed by atoms with E-state index in [1.807, 2.05) is 0 Å². The number of alkyl halides is 6. The van der Waals surface area contributed by atoms with Gasteiger partial charge in [-0.25, -0.2) is 10.2 Å². The Bertz CT molecular complexity index is 533. The second-order valence-corrected chi connectivity index (χ2v) is 3.93. The van der Waals surface area contributed by atoms with Gasteiger partial charge in [0.1, 0.15) is 0 Å². The smallest absolute Gasteiger partial charge is 0.427 e. The van der Waals surface area contributed by atoms with Crippen molar-refractivity contribution < 1.29 is 35.9 Å². The van der Waals surface area contributed by atoms with Crippen LogP contribution < -0.4 is 5.43 Å². The van der Waals surface area contributed by atoms with E-state index < -0.39 is 35.1 Å². The first kappa shape index (κ1) is 17.8. The van der Waals surface area contributed by atoms with Crippen molar-refractivity contribution in [3.63, 3.8) is 0 Å². The van der Waals surface area contributed by atoms with E-state index in [2.05, 4.69) is 9.84 Å². The zero-order valence-corrected chi connectivity index (χ0v) is 11.0. The summed E-state index contributed by atoms with van der Waals surface area (Å²) in [7, 11) is 0. The van der Waals surface area contributed by atoms with Gasteiger partial charge in [0.2, 0.25) is 0 Å². The predicted molar refractivity (Wildman–Crippen MR) is 64.2 cm³/mol. The molecular weight excluding hydrogens is 318 g/mol. The molecule has 0 aliphatic heterocycles. The highest BCUT2D eigenvalue weighted by atomic mass is 19.4. The van der Waals surface area contributed by atoms with Crippen LogP contribution in [0.1, 0.15) is 23.6 Å². The zero-order chi connectivity index (χ0) is 17.0. The molecule has 0 saturated heterocycles. The predicted octanol–water partition coefficient (Wildman–Crippen LogP) is 3.80. The molecule has 1 aromatic carbocycles. The highest BCUT2D eigenvalue weighted by Gasteiger charge is 2.36. The minimum absolute atomic E-state index is 0.00385. The van der Waals surface area contributed by atoms with Gasteiger partial charge >= 0.3 is 18.4 Å². The van der Waals surface area contributed by atoms with Gasteiger partial charge in [-0.2, -0.15) is 31.4 Å². The molecule has 1 amide bonds. The third-order valence-corrected chi connectivity index (χ3v) is 2.25. The fourth-order valence-corrected chi connectivity index (χ4v) is 1.38. The van der Waals surface area contributed by atoms with Crippen molar-refractivity contribution in [1.29, 1.82) is 0 Å². The van der Waals surface area contributed by atoms with Crippen LogP contribution in [0, 0.1) is 0 Å². The summed E-state index contributed by atoms with van der Waals surface area (Å²) in [6, 6.07) is 0.952. The number of nitrogens with one attached hydrogen (secondary N) is 1. The van der Waals surface area contributed by atoms with Gasteiger partial charge in [0.05, 0.1) is 23.9 Å². The Balaban J connectivity index is 3.09. The number of halogens is 6. The van der Waals surface area contributed by atoms with Crippen LogP contribution in [-0.2, 0) is 17.1 Å². The summed E-state index contributed by atoms with van der Waals surface area (Å²) in [6.45, 7) is 1.54. The molecule has 4 nitrogen and oxygen atoms in total. The lowest BCUT2D eigenvalue weighted by molar-refractivity contribution is -0.143. The molecule has 10 heteroatoms. The number of hydrogen-bond acceptors (Lipinski definition) is 3. The molecule has 0 spiro atoms. The quantitative estimate of drug-likeness (QED) is 0.521. The van der Waals surface area contributed by atoms with E-state index in [1.165, 1.54) is 6.92 Å². The maximum Gasteiger partial charge on any atom is 0.427 e. The van der Waals surface area contributed by atoms with Crippen LogP contribution in [0.3, 0.4) is 0 Å². The van der Waals surface area contributed by atoms with E-state index >= 15 is 0 Å². The Morgan fingerprint density at radius 2 is 1.64 bits per heavy atom. The first-order valence-corrected chi connectivity index (χ1v) is 5.79. The van der Waals surface area contributed by atoms with E-state index in [0.29, 0.717) is 18.3 Å². The summed E-state index contributed by atoms with van der Waals surface area (Å²) < 4.78 is 79.9. The Hall–Kier alpha value is -2.26. The molecule has 0 radical (unpaired) electrons. The molecule has 0 atom stereocenters. The molecule has 1 N–H and O–H groups in total. The molecule has 0 aromatic heterocycles. The summed E-state index contributed by atoms with van der Waals surface area (Å²) in [5.41, 5.74) is -1.62. The average molecular weight is 328 g/mol. The maximum absolute atomic E-state index is 12.6. The fraction of sp³-hybridized carbons (Fsp3) is 0.333. The molecule has 0 aliphatic carbocycles. The van der Waals surface area contributed by atoms with Gasteiger partial charge in [-0.15, -0.1) is 0 Å². The average Bonchev–Trinajstić information content (AvgIpc) is 2.36. The number of ether oxygens (including phenoxy) is 1. The topological polar surface area (TPSA) is 50.7 Å². The van der Waals surface area contributed by atoms with Crippen LogP contribution in [0.15, 0.2) is 23.3 Å². The van der Waals surface area contributed by atoms with E-state index in [4.69, 9.17) is 0 Å². The van der Waals surface area contributed by atoms with Gasteiger partial charge in [0.25, 0.3) is 0 Å². The molecule has 0 heterocycles. The van der Waals surface area contributed by atoms with Crippen LogP contribution in [0.2, 0.25) is 0 Å². The molecule has 1 rings (SSSR count). The first-order chi connectivity index (χ1) is 10.0. The highest BCUT2D eigenvalue weighted by molar-refractivity contribution is 5.81. The molecule has 122 valence electrons. The molecule has 0 fully saturated rings. The number of nitrogens with zero attached hydrogens (tertiary/aromatic N) is 1. The number of hydrazone groups is 1. The highest BCUT2D eigenvalue weighted by Crippen LogP contribution is 2.35. The van der Waals surface area contributed by atoms with Gasteiger partial charge in [-0.1, -0.05) is 0 Å². The van der Waals surface area contributed by atoms with E-state index in [-0.39, 0.29) is 12.7 Å². The largest absolute Gasteiger partial charge is 0.449 e. The lowest BCUT2D eigenvalue weighted by Crippen LogP contribution is -2.18. The second-order valence-electron chi connectivity index (χ2n) is 3.93. The normalized spacial score (nSPS) is 12.5. The lowest BCUT2D eigenvalue weighted by atomic mass is 10.1. The third kappa shape index (κ3) is 5.26. The first-order valence-electron chi connectivity index (χ1n) is 5.79. The minimum Gasteiger partial charge on any atom is -0.449 e. The maximum atomic E-state index is 12.6.